The van der Waals surface area contributed by atoms with Crippen molar-refractivity contribution in [1.29, 1.82) is 0 Å². The number of rotatable bonds is 2. The minimum absolute atomic E-state index is 0.606. The predicted molar refractivity (Wildman–Crippen MR) is 44.5 cm³/mol. The Labute approximate surface area is 65.7 Å². The number of nitrogens with one attached hydrogen (secondary N) is 1. The van der Waals surface area contributed by atoms with Crippen molar-refractivity contribution in [2.45, 2.75) is 0 Å². The van der Waals surface area contributed by atoms with Gasteiger partial charge in [0.2, 0.25) is 0 Å². The number of hydrogen-bond donors (Lipinski definition) is 3. The summed E-state index contributed by atoms with van der Waals surface area (Å²) in [6.45, 7) is 2.10. The first kappa shape index (κ1) is 7.87. The SMILES string of the molecule is NCCN1CNC=CC1=NN. The molecule has 0 saturated heterocycles. The second kappa shape index (κ2) is 3.82. The molecule has 1 heterocycles. The molecule has 5 nitrogen and oxygen atoms in total. The van der Waals surface area contributed by atoms with Crippen LogP contribution < -0.4 is 16.9 Å². The summed E-state index contributed by atoms with van der Waals surface area (Å²) in [5.41, 5.74) is 5.39. The lowest BCUT2D eigenvalue weighted by Gasteiger charge is -2.26. The minimum atomic E-state index is 0.606. The molecule has 0 saturated carbocycles. The van der Waals surface area contributed by atoms with Gasteiger partial charge in [0.05, 0.1) is 6.67 Å². The zero-order chi connectivity index (χ0) is 8.10. The summed E-state index contributed by atoms with van der Waals surface area (Å²) in [6.07, 6.45) is 3.64. The topological polar surface area (TPSA) is 79.7 Å². The van der Waals surface area contributed by atoms with E-state index in [-0.39, 0.29) is 0 Å². The third-order valence-electron chi connectivity index (χ3n) is 1.49. The van der Waals surface area contributed by atoms with Gasteiger partial charge in [-0.3, -0.25) is 0 Å². The zero-order valence-electron chi connectivity index (χ0n) is 6.33. The van der Waals surface area contributed by atoms with Gasteiger partial charge in [-0.2, -0.15) is 5.10 Å². The first-order valence-corrected chi connectivity index (χ1v) is 3.51. The fourth-order valence-corrected chi connectivity index (χ4v) is 0.957. The standard InChI is InChI=1S/C6H13N5/c7-2-4-11-5-9-3-1-6(11)10-8/h1,3,9H,2,4-5,7-8H2. The first-order valence-electron chi connectivity index (χ1n) is 3.51. The number of nitrogens with zero attached hydrogens (tertiary/aromatic N) is 2. The van der Waals surface area contributed by atoms with Crippen LogP contribution in [0.25, 0.3) is 0 Å². The van der Waals surface area contributed by atoms with Gasteiger partial charge >= 0.3 is 0 Å². The molecule has 1 rings (SSSR count). The number of hydrogen-bond acceptors (Lipinski definition) is 4. The highest BCUT2D eigenvalue weighted by Gasteiger charge is 2.09. The van der Waals surface area contributed by atoms with Crippen molar-refractivity contribution < 1.29 is 0 Å². The molecule has 0 fully saturated rings. The normalized spacial score (nSPS) is 20.5. The van der Waals surface area contributed by atoms with Gasteiger partial charge in [0.15, 0.2) is 5.84 Å². The molecule has 11 heavy (non-hydrogen) atoms. The maximum atomic E-state index is 5.39. The van der Waals surface area contributed by atoms with E-state index in [1.54, 1.807) is 0 Å². The highest BCUT2D eigenvalue weighted by atomic mass is 15.3. The molecule has 1 aliphatic heterocycles. The monoisotopic (exact) mass is 155 g/mol. The van der Waals surface area contributed by atoms with Gasteiger partial charge in [-0.05, 0) is 6.08 Å². The smallest absolute Gasteiger partial charge is 0.151 e. The Morgan fingerprint density at radius 2 is 2.55 bits per heavy atom. The largest absolute Gasteiger partial charge is 0.374 e. The lowest BCUT2D eigenvalue weighted by molar-refractivity contribution is 0.405. The summed E-state index contributed by atoms with van der Waals surface area (Å²) in [4.78, 5) is 1.97. The van der Waals surface area contributed by atoms with Gasteiger partial charge in [-0.25, -0.2) is 0 Å². The molecular weight excluding hydrogens is 142 g/mol. The van der Waals surface area contributed by atoms with Gasteiger partial charge in [0.1, 0.15) is 0 Å². The van der Waals surface area contributed by atoms with Crippen molar-refractivity contribution in [2.24, 2.45) is 16.7 Å². The van der Waals surface area contributed by atoms with Gasteiger partial charge in [0.25, 0.3) is 0 Å². The summed E-state index contributed by atoms with van der Waals surface area (Å²) in [5, 5.41) is 6.65. The van der Waals surface area contributed by atoms with Gasteiger partial charge in [0, 0.05) is 19.3 Å². The van der Waals surface area contributed by atoms with Crippen LogP contribution in [-0.4, -0.2) is 30.5 Å². The highest BCUT2D eigenvalue weighted by Crippen LogP contribution is 1.94. The lowest BCUT2D eigenvalue weighted by atomic mass is 10.4. The zero-order valence-corrected chi connectivity index (χ0v) is 6.33. The Hall–Kier alpha value is -1.23. The van der Waals surface area contributed by atoms with Crippen molar-refractivity contribution in [3.05, 3.63) is 12.3 Å². The Balaban J connectivity index is 2.57. The third kappa shape index (κ3) is 1.84. The molecule has 0 aliphatic carbocycles. The second-order valence-electron chi connectivity index (χ2n) is 2.23. The van der Waals surface area contributed by atoms with Crippen LogP contribution in [0.4, 0.5) is 0 Å². The van der Waals surface area contributed by atoms with Crippen molar-refractivity contribution in [3.8, 4) is 0 Å². The minimum Gasteiger partial charge on any atom is -0.374 e. The third-order valence-corrected chi connectivity index (χ3v) is 1.49. The molecule has 0 aromatic carbocycles. The van der Waals surface area contributed by atoms with Crippen molar-refractivity contribution in [1.82, 2.24) is 10.2 Å². The van der Waals surface area contributed by atoms with E-state index >= 15 is 0 Å². The maximum absolute atomic E-state index is 5.39. The molecule has 0 atom stereocenters. The molecule has 0 aromatic rings. The van der Waals surface area contributed by atoms with E-state index in [4.69, 9.17) is 11.6 Å². The maximum Gasteiger partial charge on any atom is 0.151 e. The molecule has 0 unspecified atom stereocenters. The second-order valence-corrected chi connectivity index (χ2v) is 2.23. The Morgan fingerprint density at radius 1 is 1.73 bits per heavy atom. The lowest BCUT2D eigenvalue weighted by Crippen LogP contribution is -2.42. The number of amidine groups is 1. The number of hydrazone groups is 1. The van der Waals surface area contributed by atoms with Gasteiger partial charge in [-0.1, -0.05) is 0 Å². The fraction of sp³-hybridized carbons (Fsp3) is 0.500. The molecule has 0 aromatic heterocycles. The van der Waals surface area contributed by atoms with Crippen LogP contribution in [0.2, 0.25) is 0 Å². The van der Waals surface area contributed by atoms with E-state index in [9.17, 15) is 0 Å². The Bertz CT molecular complexity index is 174. The molecule has 62 valence electrons. The van der Waals surface area contributed by atoms with Crippen LogP contribution >= 0.6 is 0 Å². The van der Waals surface area contributed by atoms with E-state index in [0.717, 1.165) is 19.0 Å². The van der Waals surface area contributed by atoms with E-state index < -0.39 is 0 Å². The van der Waals surface area contributed by atoms with E-state index in [2.05, 4.69) is 10.4 Å². The summed E-state index contributed by atoms with van der Waals surface area (Å²) < 4.78 is 0. The van der Waals surface area contributed by atoms with Crippen molar-refractivity contribution >= 4 is 5.84 Å². The summed E-state index contributed by atoms with van der Waals surface area (Å²) in [7, 11) is 0. The van der Waals surface area contributed by atoms with Crippen LogP contribution in [0.15, 0.2) is 17.4 Å². The summed E-state index contributed by atoms with van der Waals surface area (Å²) >= 11 is 0. The quantitative estimate of drug-likeness (QED) is 0.338. The number of nitrogens with two attached hydrogens (primary N) is 2. The highest BCUT2D eigenvalue weighted by molar-refractivity contribution is 5.93. The molecule has 5 heteroatoms. The first-order chi connectivity index (χ1) is 5.38. The van der Waals surface area contributed by atoms with E-state index in [1.165, 1.54) is 0 Å². The molecule has 0 spiro atoms. The van der Waals surface area contributed by atoms with Crippen LogP contribution in [0, 0.1) is 0 Å². The molecule has 5 N–H and O–H groups in total. The van der Waals surface area contributed by atoms with Crippen molar-refractivity contribution in [2.75, 3.05) is 19.8 Å². The molecule has 0 amide bonds. The van der Waals surface area contributed by atoms with E-state index in [1.807, 2.05) is 17.2 Å². The molecule has 0 radical (unpaired) electrons. The molecule has 1 aliphatic rings. The molecular formula is C6H13N5. The van der Waals surface area contributed by atoms with E-state index in [0.29, 0.717) is 6.54 Å². The van der Waals surface area contributed by atoms with Crippen LogP contribution in [0.5, 0.6) is 0 Å². The van der Waals surface area contributed by atoms with Crippen molar-refractivity contribution in [3.63, 3.8) is 0 Å². The van der Waals surface area contributed by atoms with Gasteiger partial charge in [-0.15, -0.1) is 0 Å². The average molecular weight is 155 g/mol. The average Bonchev–Trinajstić information content (AvgIpc) is 2.06. The summed E-state index contributed by atoms with van der Waals surface area (Å²) in [6, 6.07) is 0. The Morgan fingerprint density at radius 3 is 3.18 bits per heavy atom. The van der Waals surface area contributed by atoms with Crippen LogP contribution in [0.1, 0.15) is 0 Å². The van der Waals surface area contributed by atoms with Gasteiger partial charge < -0.3 is 21.8 Å². The fourth-order valence-electron chi connectivity index (χ4n) is 0.957. The molecule has 0 bridgehead atoms. The summed E-state index contributed by atoms with van der Waals surface area (Å²) in [5.74, 6) is 5.92. The predicted octanol–water partition coefficient (Wildman–Crippen LogP) is -1.41. The van der Waals surface area contributed by atoms with Crippen LogP contribution in [0.3, 0.4) is 0 Å². The van der Waals surface area contributed by atoms with Crippen LogP contribution in [-0.2, 0) is 0 Å². The Kier molecular flexibility index (Phi) is 2.74.